The first-order chi connectivity index (χ1) is 9.10. The number of rotatable bonds is 3. The largest absolute Gasteiger partial charge is 0.464 e. The first kappa shape index (κ1) is 14.0. The highest BCUT2D eigenvalue weighted by Gasteiger charge is 2.08. The Labute approximate surface area is 126 Å². The minimum atomic E-state index is -0.510. The zero-order valence-electron chi connectivity index (χ0n) is 9.85. The molecule has 1 aromatic heterocycles. The average molecular weight is 387 g/mol. The molecule has 7 heteroatoms. The number of carbonyl (C=O) groups excluding carboxylic acids is 1. The maximum absolute atomic E-state index is 11.2. The van der Waals surface area contributed by atoms with Crippen LogP contribution in [0.5, 0.6) is 0 Å². The van der Waals surface area contributed by atoms with Gasteiger partial charge in [-0.2, -0.15) is 0 Å². The molecule has 0 radical (unpaired) electrons. The summed E-state index contributed by atoms with van der Waals surface area (Å²) in [6, 6.07) is 5.71. The number of carbonyl (C=O) groups is 1. The van der Waals surface area contributed by atoms with Gasteiger partial charge in [0.2, 0.25) is 0 Å². The van der Waals surface area contributed by atoms with Crippen LogP contribution in [0.1, 0.15) is 10.5 Å². The molecule has 0 amide bonds. The molecular formula is C12H9Br2N3O2. The molecular weight excluding hydrogens is 378 g/mol. The molecule has 19 heavy (non-hydrogen) atoms. The first-order valence-electron chi connectivity index (χ1n) is 5.22. The third kappa shape index (κ3) is 3.51. The number of anilines is 2. The van der Waals surface area contributed by atoms with E-state index in [0.717, 1.165) is 14.6 Å². The summed E-state index contributed by atoms with van der Waals surface area (Å²) < 4.78 is 6.41. The summed E-state index contributed by atoms with van der Waals surface area (Å²) >= 11 is 6.82. The molecule has 0 unspecified atom stereocenters. The number of methoxy groups -OCH3 is 1. The van der Waals surface area contributed by atoms with Crippen LogP contribution in [0.25, 0.3) is 0 Å². The van der Waals surface area contributed by atoms with E-state index in [4.69, 9.17) is 0 Å². The van der Waals surface area contributed by atoms with Crippen molar-refractivity contribution in [2.45, 2.75) is 0 Å². The Morgan fingerprint density at radius 3 is 2.63 bits per heavy atom. The fraction of sp³-hybridized carbons (Fsp3) is 0.0833. The van der Waals surface area contributed by atoms with Gasteiger partial charge in [-0.3, -0.25) is 0 Å². The van der Waals surface area contributed by atoms with Crippen LogP contribution in [-0.2, 0) is 4.74 Å². The standard InChI is InChI=1S/C12H9Br2N3O2/c1-19-12(18)10-5-16-11(6-15-10)17-9-3-2-7(13)4-8(9)14/h2-6H,1H3,(H,16,17). The lowest BCUT2D eigenvalue weighted by atomic mass is 10.3. The van der Waals surface area contributed by atoms with E-state index in [9.17, 15) is 4.79 Å². The second-order valence-corrected chi connectivity index (χ2v) is 5.30. The molecule has 0 saturated carbocycles. The van der Waals surface area contributed by atoms with Crippen LogP contribution >= 0.6 is 31.9 Å². The Bertz CT molecular complexity index is 602. The van der Waals surface area contributed by atoms with Crippen molar-refractivity contribution >= 4 is 49.3 Å². The van der Waals surface area contributed by atoms with Crippen molar-refractivity contribution in [3.63, 3.8) is 0 Å². The lowest BCUT2D eigenvalue weighted by Crippen LogP contribution is -2.05. The van der Waals surface area contributed by atoms with Gasteiger partial charge in [-0.1, -0.05) is 15.9 Å². The maximum atomic E-state index is 11.2. The minimum absolute atomic E-state index is 0.169. The molecule has 5 nitrogen and oxygen atoms in total. The van der Waals surface area contributed by atoms with E-state index in [1.54, 1.807) is 0 Å². The van der Waals surface area contributed by atoms with Crippen molar-refractivity contribution in [3.05, 3.63) is 45.2 Å². The summed E-state index contributed by atoms with van der Waals surface area (Å²) in [7, 11) is 1.30. The normalized spacial score (nSPS) is 10.1. The Hall–Kier alpha value is -1.47. The van der Waals surface area contributed by atoms with Gasteiger partial charge in [0, 0.05) is 8.95 Å². The monoisotopic (exact) mass is 385 g/mol. The Morgan fingerprint density at radius 1 is 1.26 bits per heavy atom. The highest BCUT2D eigenvalue weighted by Crippen LogP contribution is 2.28. The predicted octanol–water partition coefficient (Wildman–Crippen LogP) is 3.53. The van der Waals surface area contributed by atoms with E-state index in [1.165, 1.54) is 19.5 Å². The van der Waals surface area contributed by atoms with Crippen LogP contribution < -0.4 is 5.32 Å². The van der Waals surface area contributed by atoms with E-state index in [-0.39, 0.29) is 5.69 Å². The molecule has 0 aliphatic heterocycles. The number of ether oxygens (including phenoxy) is 1. The Morgan fingerprint density at radius 2 is 2.05 bits per heavy atom. The number of hydrogen-bond donors (Lipinski definition) is 1. The van der Waals surface area contributed by atoms with Gasteiger partial charge >= 0.3 is 5.97 Å². The smallest absolute Gasteiger partial charge is 0.358 e. The molecule has 2 aromatic rings. The number of nitrogens with one attached hydrogen (secondary N) is 1. The topological polar surface area (TPSA) is 64.1 Å². The number of aromatic nitrogens is 2. The third-order valence-electron chi connectivity index (χ3n) is 2.24. The second-order valence-electron chi connectivity index (χ2n) is 3.53. The highest BCUT2D eigenvalue weighted by atomic mass is 79.9. The van der Waals surface area contributed by atoms with Crippen molar-refractivity contribution in [2.24, 2.45) is 0 Å². The van der Waals surface area contributed by atoms with Crippen molar-refractivity contribution in [3.8, 4) is 0 Å². The van der Waals surface area contributed by atoms with Crippen LogP contribution in [-0.4, -0.2) is 23.0 Å². The number of hydrogen-bond acceptors (Lipinski definition) is 5. The van der Waals surface area contributed by atoms with Crippen molar-refractivity contribution in [2.75, 3.05) is 12.4 Å². The highest BCUT2D eigenvalue weighted by molar-refractivity contribution is 9.11. The zero-order valence-corrected chi connectivity index (χ0v) is 13.0. The van der Waals surface area contributed by atoms with Gasteiger partial charge in [-0.05, 0) is 34.1 Å². The lowest BCUT2D eigenvalue weighted by molar-refractivity contribution is 0.0593. The number of nitrogens with zero attached hydrogens (tertiary/aromatic N) is 2. The van der Waals surface area contributed by atoms with E-state index in [1.807, 2.05) is 18.2 Å². The fourth-order valence-corrected chi connectivity index (χ4v) is 2.48. The summed E-state index contributed by atoms with van der Waals surface area (Å²) in [5.41, 5.74) is 1.02. The summed E-state index contributed by atoms with van der Waals surface area (Å²) in [6.45, 7) is 0. The van der Waals surface area contributed by atoms with Gasteiger partial charge in [0.15, 0.2) is 5.69 Å². The zero-order chi connectivity index (χ0) is 13.8. The van der Waals surface area contributed by atoms with Crippen LogP contribution in [0.15, 0.2) is 39.5 Å². The van der Waals surface area contributed by atoms with Crippen molar-refractivity contribution in [1.82, 2.24) is 9.97 Å². The molecule has 0 atom stereocenters. The predicted molar refractivity (Wildman–Crippen MR) is 78.5 cm³/mol. The quantitative estimate of drug-likeness (QED) is 0.817. The first-order valence-corrected chi connectivity index (χ1v) is 6.81. The van der Waals surface area contributed by atoms with Crippen molar-refractivity contribution < 1.29 is 9.53 Å². The minimum Gasteiger partial charge on any atom is -0.464 e. The van der Waals surface area contributed by atoms with Crippen LogP contribution in [0, 0.1) is 0 Å². The van der Waals surface area contributed by atoms with Gasteiger partial charge in [-0.25, -0.2) is 14.8 Å². The summed E-state index contributed by atoms with van der Waals surface area (Å²) in [5, 5.41) is 3.09. The van der Waals surface area contributed by atoms with Gasteiger partial charge < -0.3 is 10.1 Å². The van der Waals surface area contributed by atoms with E-state index < -0.39 is 5.97 Å². The van der Waals surface area contributed by atoms with E-state index in [2.05, 4.69) is 51.9 Å². The van der Waals surface area contributed by atoms with Gasteiger partial charge in [-0.15, -0.1) is 0 Å². The van der Waals surface area contributed by atoms with Crippen LogP contribution in [0.3, 0.4) is 0 Å². The van der Waals surface area contributed by atoms with Crippen LogP contribution in [0.2, 0.25) is 0 Å². The molecule has 1 N–H and O–H groups in total. The molecule has 1 heterocycles. The third-order valence-corrected chi connectivity index (χ3v) is 3.39. The van der Waals surface area contributed by atoms with Gasteiger partial charge in [0.25, 0.3) is 0 Å². The summed E-state index contributed by atoms with van der Waals surface area (Å²) in [6.07, 6.45) is 2.83. The molecule has 0 spiro atoms. The summed E-state index contributed by atoms with van der Waals surface area (Å²) in [4.78, 5) is 19.3. The Kier molecular flexibility index (Phi) is 4.49. The molecule has 1 aromatic carbocycles. The molecule has 2 rings (SSSR count). The van der Waals surface area contributed by atoms with E-state index >= 15 is 0 Å². The Balaban J connectivity index is 2.17. The van der Waals surface area contributed by atoms with E-state index in [0.29, 0.717) is 5.82 Å². The van der Waals surface area contributed by atoms with Gasteiger partial charge in [0.1, 0.15) is 5.82 Å². The van der Waals surface area contributed by atoms with Crippen LogP contribution in [0.4, 0.5) is 11.5 Å². The lowest BCUT2D eigenvalue weighted by Gasteiger charge is -2.08. The number of esters is 1. The molecule has 0 bridgehead atoms. The number of halogens is 2. The molecule has 0 fully saturated rings. The SMILES string of the molecule is COC(=O)c1cnc(Nc2ccc(Br)cc2Br)cn1. The molecule has 0 aliphatic rings. The molecule has 0 saturated heterocycles. The maximum Gasteiger partial charge on any atom is 0.358 e. The molecule has 98 valence electrons. The summed E-state index contributed by atoms with van der Waals surface area (Å²) in [5.74, 6) is 0.0274. The van der Waals surface area contributed by atoms with Gasteiger partial charge in [0.05, 0.1) is 25.2 Å². The molecule has 0 aliphatic carbocycles. The van der Waals surface area contributed by atoms with Crippen molar-refractivity contribution in [1.29, 1.82) is 0 Å². The second kappa shape index (κ2) is 6.12. The average Bonchev–Trinajstić information content (AvgIpc) is 2.42. The fourth-order valence-electron chi connectivity index (χ4n) is 1.33. The number of benzene rings is 1.